The normalized spacial score (nSPS) is 16.9. The fraction of sp³-hybridized carbons (Fsp3) is 0.455. The zero-order valence-corrected chi connectivity index (χ0v) is 10.7. The van der Waals surface area contributed by atoms with E-state index in [1.807, 2.05) is 0 Å². The van der Waals surface area contributed by atoms with Crippen molar-refractivity contribution in [3.05, 3.63) is 23.8 Å². The zero-order valence-electron chi connectivity index (χ0n) is 9.91. The summed E-state index contributed by atoms with van der Waals surface area (Å²) >= 11 is 0. The summed E-state index contributed by atoms with van der Waals surface area (Å²) in [6.07, 6.45) is 0.856. The van der Waals surface area contributed by atoms with Gasteiger partial charge in [-0.3, -0.25) is 0 Å². The number of nitrogens with one attached hydrogen (secondary N) is 1. The lowest BCUT2D eigenvalue weighted by atomic mass is 10.2. The SMILES string of the molecule is CS(=O)(=O)c1cc(F)c(N2CCNCC2)cc1F. The molecule has 0 saturated carbocycles. The van der Waals surface area contributed by atoms with E-state index < -0.39 is 26.4 Å². The van der Waals surface area contributed by atoms with Gasteiger partial charge in [-0.05, 0) is 6.07 Å². The minimum absolute atomic E-state index is 0.112. The summed E-state index contributed by atoms with van der Waals surface area (Å²) in [6, 6.07) is 1.71. The lowest BCUT2D eigenvalue weighted by molar-refractivity contribution is 0.540. The summed E-state index contributed by atoms with van der Waals surface area (Å²) in [6.45, 7) is 2.51. The van der Waals surface area contributed by atoms with Gasteiger partial charge < -0.3 is 10.2 Å². The Morgan fingerprint density at radius 1 is 1.17 bits per heavy atom. The van der Waals surface area contributed by atoms with Crippen LogP contribution >= 0.6 is 0 Å². The molecule has 1 aromatic carbocycles. The topological polar surface area (TPSA) is 49.4 Å². The number of benzene rings is 1. The monoisotopic (exact) mass is 276 g/mol. The van der Waals surface area contributed by atoms with Gasteiger partial charge in [0.25, 0.3) is 0 Å². The van der Waals surface area contributed by atoms with E-state index in [1.165, 1.54) is 0 Å². The van der Waals surface area contributed by atoms with Crippen LogP contribution in [0.3, 0.4) is 0 Å². The maximum Gasteiger partial charge on any atom is 0.178 e. The number of piperazine rings is 1. The Labute approximate surface area is 105 Å². The Morgan fingerprint density at radius 3 is 2.33 bits per heavy atom. The first kappa shape index (κ1) is 13.2. The lowest BCUT2D eigenvalue weighted by Crippen LogP contribution is -2.44. The molecule has 0 aliphatic carbocycles. The van der Waals surface area contributed by atoms with Crippen LogP contribution < -0.4 is 10.2 Å². The second-order valence-corrected chi connectivity index (χ2v) is 6.23. The third kappa shape index (κ3) is 2.62. The lowest BCUT2D eigenvalue weighted by Gasteiger charge is -2.29. The average Bonchev–Trinajstić information content (AvgIpc) is 2.31. The molecule has 1 aromatic rings. The zero-order chi connectivity index (χ0) is 13.3. The molecule has 1 heterocycles. The number of hydrogen-bond donors (Lipinski definition) is 1. The smallest absolute Gasteiger partial charge is 0.178 e. The van der Waals surface area contributed by atoms with Crippen molar-refractivity contribution in [2.24, 2.45) is 0 Å². The van der Waals surface area contributed by atoms with E-state index in [9.17, 15) is 17.2 Å². The van der Waals surface area contributed by atoms with Gasteiger partial charge >= 0.3 is 0 Å². The van der Waals surface area contributed by atoms with Crippen LogP contribution in [0.1, 0.15) is 0 Å². The van der Waals surface area contributed by atoms with Crippen molar-refractivity contribution in [3.63, 3.8) is 0 Å². The first-order valence-corrected chi connectivity index (χ1v) is 7.43. The fourth-order valence-electron chi connectivity index (χ4n) is 1.95. The predicted molar refractivity (Wildman–Crippen MR) is 64.6 cm³/mol. The third-order valence-electron chi connectivity index (χ3n) is 2.86. The first-order chi connectivity index (χ1) is 8.39. The first-order valence-electron chi connectivity index (χ1n) is 5.54. The van der Waals surface area contributed by atoms with Gasteiger partial charge in [0.05, 0.1) is 5.69 Å². The molecule has 0 atom stereocenters. The van der Waals surface area contributed by atoms with E-state index in [2.05, 4.69) is 5.32 Å². The molecule has 0 aromatic heterocycles. The summed E-state index contributed by atoms with van der Waals surface area (Å²) in [5, 5.41) is 3.10. The molecule has 1 N–H and O–H groups in total. The van der Waals surface area contributed by atoms with Crippen LogP contribution in [0.15, 0.2) is 17.0 Å². The van der Waals surface area contributed by atoms with Crippen LogP contribution in [-0.4, -0.2) is 40.9 Å². The van der Waals surface area contributed by atoms with Crippen LogP contribution in [-0.2, 0) is 9.84 Å². The minimum atomic E-state index is -3.75. The van der Waals surface area contributed by atoms with Crippen LogP contribution in [0.5, 0.6) is 0 Å². The molecule has 1 saturated heterocycles. The van der Waals surface area contributed by atoms with Crippen LogP contribution in [0.25, 0.3) is 0 Å². The summed E-state index contributed by atoms with van der Waals surface area (Å²) in [4.78, 5) is 1.10. The molecule has 18 heavy (non-hydrogen) atoms. The Bertz CT molecular complexity index is 554. The molecule has 1 aliphatic heterocycles. The third-order valence-corrected chi connectivity index (χ3v) is 3.97. The summed E-state index contributed by atoms with van der Waals surface area (Å²) < 4.78 is 50.1. The molecule has 0 radical (unpaired) electrons. The molecular formula is C11H14F2N2O2S. The Kier molecular flexibility index (Phi) is 3.54. The summed E-state index contributed by atoms with van der Waals surface area (Å²) in [7, 11) is -3.75. The molecule has 0 spiro atoms. The highest BCUT2D eigenvalue weighted by Gasteiger charge is 2.21. The molecule has 0 unspecified atom stereocenters. The Balaban J connectivity index is 2.42. The number of anilines is 1. The van der Waals surface area contributed by atoms with Crippen molar-refractivity contribution in [1.82, 2.24) is 5.32 Å². The molecular weight excluding hydrogens is 262 g/mol. The highest BCUT2D eigenvalue weighted by molar-refractivity contribution is 7.90. The van der Waals surface area contributed by atoms with E-state index in [0.29, 0.717) is 26.2 Å². The number of nitrogens with zero attached hydrogens (tertiary/aromatic N) is 1. The minimum Gasteiger partial charge on any atom is -0.367 e. The van der Waals surface area contributed by atoms with Gasteiger partial charge in [-0.25, -0.2) is 17.2 Å². The highest BCUT2D eigenvalue weighted by Crippen LogP contribution is 2.26. The summed E-state index contributed by atoms with van der Waals surface area (Å²) in [5.74, 6) is -1.62. The molecule has 1 aliphatic rings. The van der Waals surface area contributed by atoms with Gasteiger partial charge in [-0.2, -0.15) is 0 Å². The number of halogens is 2. The van der Waals surface area contributed by atoms with Gasteiger partial charge in [0, 0.05) is 38.5 Å². The van der Waals surface area contributed by atoms with E-state index in [1.54, 1.807) is 4.90 Å². The van der Waals surface area contributed by atoms with Crippen LogP contribution in [0.2, 0.25) is 0 Å². The fourth-order valence-corrected chi connectivity index (χ4v) is 2.68. The largest absolute Gasteiger partial charge is 0.367 e. The molecule has 100 valence electrons. The second-order valence-electron chi connectivity index (χ2n) is 4.24. The van der Waals surface area contributed by atoms with Gasteiger partial charge in [-0.15, -0.1) is 0 Å². The molecule has 1 fully saturated rings. The molecule has 2 rings (SSSR count). The van der Waals surface area contributed by atoms with Crippen molar-refractivity contribution in [3.8, 4) is 0 Å². The number of rotatable bonds is 2. The standard InChI is InChI=1S/C11H14F2N2O2S/c1-18(16,17)11-7-8(12)10(6-9(11)13)15-4-2-14-3-5-15/h6-7,14H,2-5H2,1H3. The van der Waals surface area contributed by atoms with Gasteiger partial charge in [0.15, 0.2) is 9.84 Å². The van der Waals surface area contributed by atoms with Gasteiger partial charge in [0.1, 0.15) is 16.5 Å². The van der Waals surface area contributed by atoms with E-state index >= 15 is 0 Å². The molecule has 7 heteroatoms. The average molecular weight is 276 g/mol. The Morgan fingerprint density at radius 2 is 1.78 bits per heavy atom. The summed E-state index contributed by atoms with van der Waals surface area (Å²) in [5.41, 5.74) is 0.112. The van der Waals surface area contributed by atoms with E-state index in [4.69, 9.17) is 0 Å². The maximum atomic E-state index is 13.9. The molecule has 0 bridgehead atoms. The number of sulfone groups is 1. The van der Waals surface area contributed by atoms with Crippen LogP contribution in [0, 0.1) is 11.6 Å². The highest BCUT2D eigenvalue weighted by atomic mass is 32.2. The van der Waals surface area contributed by atoms with Gasteiger partial charge in [-0.1, -0.05) is 0 Å². The van der Waals surface area contributed by atoms with Crippen molar-refractivity contribution in [2.45, 2.75) is 4.90 Å². The van der Waals surface area contributed by atoms with Crippen molar-refractivity contribution >= 4 is 15.5 Å². The van der Waals surface area contributed by atoms with E-state index in [0.717, 1.165) is 18.4 Å². The Hall–Kier alpha value is -1.21. The second kappa shape index (κ2) is 4.81. The van der Waals surface area contributed by atoms with Crippen molar-refractivity contribution < 1.29 is 17.2 Å². The quantitative estimate of drug-likeness (QED) is 0.867. The van der Waals surface area contributed by atoms with Crippen molar-refractivity contribution in [2.75, 3.05) is 37.3 Å². The van der Waals surface area contributed by atoms with Crippen LogP contribution in [0.4, 0.5) is 14.5 Å². The van der Waals surface area contributed by atoms with Crippen molar-refractivity contribution in [1.29, 1.82) is 0 Å². The maximum absolute atomic E-state index is 13.9. The predicted octanol–water partition coefficient (Wildman–Crippen LogP) is 0.778. The van der Waals surface area contributed by atoms with Gasteiger partial charge in [0.2, 0.25) is 0 Å². The van der Waals surface area contributed by atoms with E-state index in [-0.39, 0.29) is 5.69 Å². The molecule has 0 amide bonds. The number of hydrogen-bond acceptors (Lipinski definition) is 4. The molecule has 4 nitrogen and oxygen atoms in total.